The Morgan fingerprint density at radius 1 is 1.75 bits per heavy atom. The molecular weight excluding hydrogens is 222 g/mol. The maximum atomic E-state index is 6.02. The molecule has 0 amide bonds. The summed E-state index contributed by atoms with van der Waals surface area (Å²) < 4.78 is 5.40. The van der Waals surface area contributed by atoms with Gasteiger partial charge in [0.2, 0.25) is 0 Å². The molecule has 0 aromatic carbocycles. The zero-order valence-electron chi connectivity index (χ0n) is 9.82. The quantitative estimate of drug-likeness (QED) is 0.822. The summed E-state index contributed by atoms with van der Waals surface area (Å²) in [6.07, 6.45) is 1.91. The normalized spacial score (nSPS) is 29.8. The summed E-state index contributed by atoms with van der Waals surface area (Å²) >= 11 is 1.73. The largest absolute Gasteiger partial charge is 0.379 e. The van der Waals surface area contributed by atoms with Gasteiger partial charge in [0.1, 0.15) is 5.01 Å². The van der Waals surface area contributed by atoms with Crippen molar-refractivity contribution in [2.45, 2.75) is 26.4 Å². The fourth-order valence-electron chi connectivity index (χ4n) is 1.85. The number of nitrogens with zero attached hydrogens (tertiary/aromatic N) is 1. The number of aryl methyl sites for hydroxylation is 1. The van der Waals surface area contributed by atoms with Gasteiger partial charge in [-0.2, -0.15) is 0 Å². The summed E-state index contributed by atoms with van der Waals surface area (Å²) in [7, 11) is 0. The Hall–Kier alpha value is -0.490. The smallest absolute Gasteiger partial charge is 0.107 e. The molecule has 1 aromatic heterocycles. The van der Waals surface area contributed by atoms with Gasteiger partial charge in [-0.1, -0.05) is 6.92 Å². The van der Waals surface area contributed by atoms with Crippen LogP contribution in [0.25, 0.3) is 0 Å². The summed E-state index contributed by atoms with van der Waals surface area (Å²) in [5.74, 6) is 0. The van der Waals surface area contributed by atoms with E-state index in [9.17, 15) is 0 Å². The van der Waals surface area contributed by atoms with E-state index in [1.165, 1.54) is 4.88 Å². The van der Waals surface area contributed by atoms with E-state index in [0.29, 0.717) is 6.61 Å². The number of ether oxygens (including phenoxy) is 1. The summed E-state index contributed by atoms with van der Waals surface area (Å²) in [5.41, 5.74) is 6.08. The predicted octanol–water partition coefficient (Wildman–Crippen LogP) is 0.905. The van der Waals surface area contributed by atoms with Crippen LogP contribution in [0, 0.1) is 12.3 Å². The first-order chi connectivity index (χ1) is 7.60. The Morgan fingerprint density at radius 2 is 2.56 bits per heavy atom. The van der Waals surface area contributed by atoms with Gasteiger partial charge in [-0.3, -0.25) is 0 Å². The molecular formula is C11H19N3OS. The standard InChI is InChI=1S/C11H19N3OS/c1-8-3-14-10(16-8)4-13-6-11(2)7-15-5-9(11)12/h3,9,13H,4-7,12H2,1-2H3. The van der Waals surface area contributed by atoms with Crippen LogP contribution in [0.4, 0.5) is 0 Å². The molecule has 1 fully saturated rings. The Labute approximate surface area is 100 Å². The lowest BCUT2D eigenvalue weighted by Gasteiger charge is -2.26. The van der Waals surface area contributed by atoms with Crippen molar-refractivity contribution < 1.29 is 4.74 Å². The molecule has 0 spiro atoms. The van der Waals surface area contributed by atoms with Crippen molar-refractivity contribution in [2.75, 3.05) is 19.8 Å². The molecule has 2 rings (SSSR count). The lowest BCUT2D eigenvalue weighted by atomic mass is 9.86. The van der Waals surface area contributed by atoms with Crippen molar-refractivity contribution in [3.05, 3.63) is 16.1 Å². The second-order valence-electron chi connectivity index (χ2n) is 4.74. The number of rotatable bonds is 4. The van der Waals surface area contributed by atoms with E-state index in [-0.39, 0.29) is 11.5 Å². The minimum atomic E-state index is 0.0618. The fourth-order valence-corrected chi connectivity index (χ4v) is 2.60. The monoisotopic (exact) mass is 241 g/mol. The Morgan fingerprint density at radius 3 is 3.12 bits per heavy atom. The molecule has 5 heteroatoms. The molecule has 0 saturated carbocycles. The second kappa shape index (κ2) is 4.79. The maximum absolute atomic E-state index is 6.02. The molecule has 1 aliphatic rings. The van der Waals surface area contributed by atoms with Crippen LogP contribution >= 0.6 is 11.3 Å². The molecule has 1 saturated heterocycles. The third-order valence-electron chi connectivity index (χ3n) is 3.10. The van der Waals surface area contributed by atoms with Crippen molar-refractivity contribution >= 4 is 11.3 Å². The minimum absolute atomic E-state index is 0.0618. The van der Waals surface area contributed by atoms with Crippen molar-refractivity contribution in [3.63, 3.8) is 0 Å². The Kier molecular flexibility index (Phi) is 3.59. The highest BCUT2D eigenvalue weighted by atomic mass is 32.1. The van der Waals surface area contributed by atoms with Gasteiger partial charge in [0, 0.05) is 35.6 Å². The van der Waals surface area contributed by atoms with Crippen molar-refractivity contribution in [1.82, 2.24) is 10.3 Å². The van der Waals surface area contributed by atoms with E-state index in [4.69, 9.17) is 10.5 Å². The summed E-state index contributed by atoms with van der Waals surface area (Å²) in [5, 5.41) is 4.55. The fraction of sp³-hybridized carbons (Fsp3) is 0.727. The Bertz CT molecular complexity index is 355. The van der Waals surface area contributed by atoms with E-state index in [1.807, 2.05) is 6.20 Å². The van der Waals surface area contributed by atoms with Gasteiger partial charge in [0.25, 0.3) is 0 Å². The predicted molar refractivity (Wildman–Crippen MR) is 65.5 cm³/mol. The maximum Gasteiger partial charge on any atom is 0.107 e. The molecule has 3 N–H and O–H groups in total. The van der Waals surface area contributed by atoms with E-state index in [2.05, 4.69) is 24.1 Å². The third kappa shape index (κ3) is 2.60. The molecule has 2 atom stereocenters. The van der Waals surface area contributed by atoms with Crippen LogP contribution in [0.15, 0.2) is 6.20 Å². The van der Waals surface area contributed by atoms with Gasteiger partial charge in [-0.15, -0.1) is 11.3 Å². The van der Waals surface area contributed by atoms with E-state index >= 15 is 0 Å². The van der Waals surface area contributed by atoms with Crippen LogP contribution in [-0.4, -0.2) is 30.8 Å². The molecule has 4 nitrogen and oxygen atoms in total. The van der Waals surface area contributed by atoms with Crippen LogP contribution in [0.1, 0.15) is 16.8 Å². The highest BCUT2D eigenvalue weighted by Crippen LogP contribution is 2.26. The summed E-state index contributed by atoms with van der Waals surface area (Å²) in [6, 6.07) is 0.137. The second-order valence-corrected chi connectivity index (χ2v) is 6.06. The van der Waals surface area contributed by atoms with Crippen molar-refractivity contribution in [1.29, 1.82) is 0 Å². The van der Waals surface area contributed by atoms with Crippen LogP contribution in [0.3, 0.4) is 0 Å². The molecule has 0 bridgehead atoms. The topological polar surface area (TPSA) is 60.2 Å². The molecule has 0 aliphatic carbocycles. The van der Waals surface area contributed by atoms with E-state index in [0.717, 1.165) is 24.7 Å². The van der Waals surface area contributed by atoms with Gasteiger partial charge in [-0.05, 0) is 6.92 Å². The first-order valence-electron chi connectivity index (χ1n) is 5.55. The zero-order chi connectivity index (χ0) is 11.6. The molecule has 1 aromatic rings. The zero-order valence-corrected chi connectivity index (χ0v) is 10.6. The van der Waals surface area contributed by atoms with Gasteiger partial charge in [0.15, 0.2) is 0 Å². The van der Waals surface area contributed by atoms with Gasteiger partial charge in [0.05, 0.1) is 13.2 Å². The average Bonchev–Trinajstić information content (AvgIpc) is 2.76. The minimum Gasteiger partial charge on any atom is -0.379 e. The molecule has 2 unspecified atom stereocenters. The highest BCUT2D eigenvalue weighted by Gasteiger charge is 2.37. The number of hydrogen-bond acceptors (Lipinski definition) is 5. The highest BCUT2D eigenvalue weighted by molar-refractivity contribution is 7.11. The first-order valence-corrected chi connectivity index (χ1v) is 6.37. The molecule has 90 valence electrons. The number of thiazole rings is 1. The van der Waals surface area contributed by atoms with Crippen LogP contribution in [0.2, 0.25) is 0 Å². The van der Waals surface area contributed by atoms with Crippen LogP contribution in [-0.2, 0) is 11.3 Å². The van der Waals surface area contributed by atoms with E-state index in [1.54, 1.807) is 11.3 Å². The number of nitrogens with two attached hydrogens (primary N) is 1. The number of hydrogen-bond donors (Lipinski definition) is 2. The lowest BCUT2D eigenvalue weighted by Crippen LogP contribution is -2.45. The number of aromatic nitrogens is 1. The van der Waals surface area contributed by atoms with Crippen molar-refractivity contribution in [3.8, 4) is 0 Å². The molecule has 1 aliphatic heterocycles. The van der Waals surface area contributed by atoms with E-state index < -0.39 is 0 Å². The van der Waals surface area contributed by atoms with Gasteiger partial charge >= 0.3 is 0 Å². The van der Waals surface area contributed by atoms with Crippen molar-refractivity contribution in [2.24, 2.45) is 11.1 Å². The Balaban J connectivity index is 1.79. The molecule has 16 heavy (non-hydrogen) atoms. The summed E-state index contributed by atoms with van der Waals surface area (Å²) in [6.45, 7) is 7.37. The van der Waals surface area contributed by atoms with Gasteiger partial charge < -0.3 is 15.8 Å². The van der Waals surface area contributed by atoms with Gasteiger partial charge in [-0.25, -0.2) is 4.98 Å². The lowest BCUT2D eigenvalue weighted by molar-refractivity contribution is 0.158. The average molecular weight is 241 g/mol. The SMILES string of the molecule is Cc1cnc(CNCC2(C)COCC2N)s1. The molecule has 0 radical (unpaired) electrons. The van der Waals surface area contributed by atoms with Crippen LogP contribution < -0.4 is 11.1 Å². The summed E-state index contributed by atoms with van der Waals surface area (Å²) in [4.78, 5) is 5.57. The molecule has 2 heterocycles. The number of nitrogens with one attached hydrogen (secondary N) is 1. The van der Waals surface area contributed by atoms with Crippen LogP contribution in [0.5, 0.6) is 0 Å². The first kappa shape index (κ1) is 12.0. The third-order valence-corrected chi connectivity index (χ3v) is 4.01.